The largest absolute Gasteiger partial charge is 0.456 e. The lowest BCUT2D eigenvalue weighted by molar-refractivity contribution is 0.668. The molecule has 0 atom stereocenters. The number of hydrogen-bond donors (Lipinski definition) is 0. The molecule has 0 saturated heterocycles. The number of para-hydroxylation sites is 1. The highest BCUT2D eigenvalue weighted by Crippen LogP contribution is 2.44. The van der Waals surface area contributed by atoms with Gasteiger partial charge >= 0.3 is 0 Å². The van der Waals surface area contributed by atoms with Crippen LogP contribution in [0, 0.1) is 0 Å². The normalized spacial score (nSPS) is 11.9. The molecule has 0 radical (unpaired) electrons. The molecule has 12 aromatic rings. The van der Waals surface area contributed by atoms with Crippen LogP contribution in [0.5, 0.6) is 0 Å². The molecule has 3 aromatic heterocycles. The van der Waals surface area contributed by atoms with Crippen molar-refractivity contribution in [2.75, 3.05) is 4.90 Å². The molecule has 0 N–H and O–H groups in total. The van der Waals surface area contributed by atoms with Crippen molar-refractivity contribution in [1.82, 2.24) is 0 Å². The maximum atomic E-state index is 6.42. The Morgan fingerprint density at radius 2 is 0.964 bits per heavy atom. The fourth-order valence-electron chi connectivity index (χ4n) is 8.63. The number of anilines is 3. The van der Waals surface area contributed by atoms with E-state index in [2.05, 4.69) is 181 Å². The van der Waals surface area contributed by atoms with Crippen molar-refractivity contribution in [3.63, 3.8) is 0 Å². The molecule has 0 bridgehead atoms. The first kappa shape index (κ1) is 31.2. The number of nitrogens with zero attached hydrogens (tertiary/aromatic N) is 1. The molecular weight excluding hydrogens is 703 g/mol. The average Bonchev–Trinajstić information content (AvgIpc) is 3.94. The monoisotopic (exact) mass is 733 g/mol. The van der Waals surface area contributed by atoms with E-state index in [1.54, 1.807) is 0 Å². The molecule has 3 nitrogen and oxygen atoms in total. The van der Waals surface area contributed by atoms with Crippen LogP contribution in [0.1, 0.15) is 0 Å². The third-order valence-corrected chi connectivity index (χ3v) is 12.4. The van der Waals surface area contributed by atoms with Gasteiger partial charge in [-0.25, -0.2) is 0 Å². The molecule has 0 unspecified atom stereocenters. The first-order valence-corrected chi connectivity index (χ1v) is 19.7. The Morgan fingerprint density at radius 1 is 0.339 bits per heavy atom. The summed E-state index contributed by atoms with van der Waals surface area (Å²) >= 11 is 1.84. The van der Waals surface area contributed by atoms with Crippen molar-refractivity contribution in [3.05, 3.63) is 188 Å². The predicted molar refractivity (Wildman–Crippen MR) is 237 cm³/mol. The number of benzene rings is 9. The van der Waals surface area contributed by atoms with Crippen LogP contribution in [0.25, 0.3) is 97.1 Å². The molecule has 0 spiro atoms. The second kappa shape index (κ2) is 12.2. The minimum absolute atomic E-state index is 0.867. The van der Waals surface area contributed by atoms with Gasteiger partial charge < -0.3 is 13.7 Å². The maximum absolute atomic E-state index is 6.42. The summed E-state index contributed by atoms with van der Waals surface area (Å²) in [4.78, 5) is 2.31. The number of fused-ring (bicyclic) bond motifs is 11. The van der Waals surface area contributed by atoms with Crippen molar-refractivity contribution < 1.29 is 8.83 Å². The van der Waals surface area contributed by atoms with E-state index in [9.17, 15) is 0 Å². The minimum Gasteiger partial charge on any atom is -0.456 e. The smallest absolute Gasteiger partial charge is 0.137 e. The highest BCUT2D eigenvalue weighted by molar-refractivity contribution is 7.26. The SMILES string of the molecule is c1ccc2c(-c3ccc(N(c4ccc(-c5ccc6oc7ccc8sc9ccccc9c8c7c6c5)cc4)c4ccc5c(c4)oc4ccccc45)cc3)cccc2c1. The van der Waals surface area contributed by atoms with Gasteiger partial charge in [0, 0.05) is 64.8 Å². The summed E-state index contributed by atoms with van der Waals surface area (Å²) in [5, 5.41) is 9.61. The van der Waals surface area contributed by atoms with E-state index >= 15 is 0 Å². The topological polar surface area (TPSA) is 29.5 Å². The molecule has 0 aliphatic rings. The first-order valence-electron chi connectivity index (χ1n) is 18.9. The summed E-state index contributed by atoms with van der Waals surface area (Å²) in [6.07, 6.45) is 0. The Hall–Kier alpha value is -7.14. The second-order valence-electron chi connectivity index (χ2n) is 14.5. The molecule has 56 heavy (non-hydrogen) atoms. The van der Waals surface area contributed by atoms with Crippen molar-refractivity contribution in [1.29, 1.82) is 0 Å². The van der Waals surface area contributed by atoms with Crippen LogP contribution in [-0.4, -0.2) is 0 Å². The molecule has 3 heterocycles. The van der Waals surface area contributed by atoms with Gasteiger partial charge in [0.2, 0.25) is 0 Å². The van der Waals surface area contributed by atoms with Gasteiger partial charge in [0.1, 0.15) is 22.3 Å². The van der Waals surface area contributed by atoms with Gasteiger partial charge in [-0.3, -0.25) is 0 Å². The molecule has 4 heteroatoms. The first-order chi connectivity index (χ1) is 27.7. The molecule has 0 saturated carbocycles. The molecule has 9 aromatic carbocycles. The Bertz CT molecular complexity index is 3470. The number of hydrogen-bond acceptors (Lipinski definition) is 4. The van der Waals surface area contributed by atoms with Crippen LogP contribution in [-0.2, 0) is 0 Å². The molecule has 0 aliphatic carbocycles. The predicted octanol–water partition coefficient (Wildman–Crippen LogP) is 15.8. The van der Waals surface area contributed by atoms with Crippen molar-refractivity contribution in [3.8, 4) is 22.3 Å². The van der Waals surface area contributed by atoms with Gasteiger partial charge in [-0.05, 0) is 106 Å². The van der Waals surface area contributed by atoms with E-state index in [1.165, 1.54) is 47.5 Å². The van der Waals surface area contributed by atoms with Crippen molar-refractivity contribution in [2.24, 2.45) is 0 Å². The van der Waals surface area contributed by atoms with Gasteiger partial charge in [-0.1, -0.05) is 109 Å². The van der Waals surface area contributed by atoms with Crippen LogP contribution < -0.4 is 4.90 Å². The lowest BCUT2D eigenvalue weighted by atomic mass is 9.98. The maximum Gasteiger partial charge on any atom is 0.137 e. The number of thiophene rings is 1. The zero-order valence-corrected chi connectivity index (χ0v) is 30.9. The van der Waals surface area contributed by atoms with E-state index in [0.717, 1.165) is 66.7 Å². The fraction of sp³-hybridized carbons (Fsp3) is 0. The van der Waals surface area contributed by atoms with Crippen LogP contribution in [0.3, 0.4) is 0 Å². The molecule has 0 fully saturated rings. The van der Waals surface area contributed by atoms with Crippen molar-refractivity contribution in [2.45, 2.75) is 0 Å². The highest BCUT2D eigenvalue weighted by Gasteiger charge is 2.18. The average molecular weight is 734 g/mol. The van der Waals surface area contributed by atoms with Gasteiger partial charge in [0.15, 0.2) is 0 Å². The van der Waals surface area contributed by atoms with Gasteiger partial charge in [0.25, 0.3) is 0 Å². The third kappa shape index (κ3) is 4.83. The standard InChI is InChI=1S/C52H31NO2S/c1-2-10-39-33(8-1)9-7-13-40(39)34-18-23-37(24-19-34)53(38-25-26-42-41-11-3-5-14-45(41)55-48(42)31-38)36-21-16-32(17-22-36)35-20-27-46-44(30-35)51-47(54-46)28-29-50-52(51)43-12-4-6-15-49(43)56-50/h1-31H. The summed E-state index contributed by atoms with van der Waals surface area (Å²) in [7, 11) is 0. The number of rotatable bonds is 5. The Morgan fingerprint density at radius 3 is 1.82 bits per heavy atom. The molecule has 0 amide bonds. The zero-order valence-electron chi connectivity index (χ0n) is 30.1. The Labute approximate surface area is 325 Å². The molecule has 262 valence electrons. The number of furan rings is 2. The lowest BCUT2D eigenvalue weighted by Gasteiger charge is -2.26. The van der Waals surface area contributed by atoms with E-state index < -0.39 is 0 Å². The summed E-state index contributed by atoms with van der Waals surface area (Å²) in [6.45, 7) is 0. The van der Waals surface area contributed by atoms with Crippen LogP contribution in [0.4, 0.5) is 17.1 Å². The van der Waals surface area contributed by atoms with Gasteiger partial charge in [0.05, 0.1) is 0 Å². The summed E-state index contributed by atoms with van der Waals surface area (Å²) in [6, 6.07) is 67.3. The molecule has 12 rings (SSSR count). The molecule has 0 aliphatic heterocycles. The van der Waals surface area contributed by atoms with E-state index in [1.807, 2.05) is 23.5 Å². The quantitative estimate of drug-likeness (QED) is 0.176. The Kier molecular flexibility index (Phi) is 6.80. The molecular formula is C52H31NO2S. The summed E-state index contributed by atoms with van der Waals surface area (Å²) in [5.41, 5.74) is 11.4. The van der Waals surface area contributed by atoms with E-state index in [4.69, 9.17) is 8.83 Å². The van der Waals surface area contributed by atoms with Crippen LogP contribution in [0.2, 0.25) is 0 Å². The highest BCUT2D eigenvalue weighted by atomic mass is 32.1. The van der Waals surface area contributed by atoms with Crippen molar-refractivity contribution >= 4 is 103 Å². The van der Waals surface area contributed by atoms with E-state index in [-0.39, 0.29) is 0 Å². The fourth-order valence-corrected chi connectivity index (χ4v) is 9.75. The summed E-state index contributed by atoms with van der Waals surface area (Å²) in [5.74, 6) is 0. The third-order valence-electron chi connectivity index (χ3n) is 11.3. The van der Waals surface area contributed by atoms with E-state index in [0.29, 0.717) is 0 Å². The van der Waals surface area contributed by atoms with Gasteiger partial charge in [-0.15, -0.1) is 11.3 Å². The Balaban J connectivity index is 0.974. The lowest BCUT2D eigenvalue weighted by Crippen LogP contribution is -2.09. The summed E-state index contributed by atoms with van der Waals surface area (Å²) < 4.78 is 15.4. The minimum atomic E-state index is 0.867. The zero-order chi connectivity index (χ0) is 36.7. The second-order valence-corrected chi connectivity index (χ2v) is 15.5. The van der Waals surface area contributed by atoms with Crippen LogP contribution in [0.15, 0.2) is 197 Å². The van der Waals surface area contributed by atoms with Crippen LogP contribution >= 0.6 is 11.3 Å². The van der Waals surface area contributed by atoms with Gasteiger partial charge in [-0.2, -0.15) is 0 Å².